The molecule has 1 aromatic rings. The van der Waals surface area contributed by atoms with E-state index in [4.69, 9.17) is 4.74 Å². The molecule has 12 nitrogen and oxygen atoms in total. The minimum absolute atomic E-state index is 0.150. The number of ether oxygens (including phenoxy) is 1. The first-order valence-electron chi connectivity index (χ1n) is 12.8. The molecule has 3 aliphatic rings. The molecule has 1 aliphatic heterocycles. The quantitative estimate of drug-likeness (QED) is 0.441. The first-order valence-corrected chi connectivity index (χ1v) is 12.8. The van der Waals surface area contributed by atoms with Crippen molar-refractivity contribution >= 4 is 23.9 Å². The van der Waals surface area contributed by atoms with Gasteiger partial charge < -0.3 is 25.4 Å². The fraction of sp³-hybridized carbons (Fsp3) is 0.680. The number of aliphatic carboxylic acids is 1. The molecule has 0 radical (unpaired) electrons. The van der Waals surface area contributed by atoms with E-state index in [0.717, 1.165) is 25.7 Å². The van der Waals surface area contributed by atoms with Crippen LogP contribution < -0.4 is 10.6 Å². The average molecular weight is 517 g/mol. The van der Waals surface area contributed by atoms with Crippen LogP contribution in [-0.2, 0) is 19.1 Å². The SMILES string of the molecule is C=C[C@@H]1C[C@]1(NC(=O)[C@@H]1C[C@@H](n2ccnn2)CN1C(=O)[C@@H](NC(=O)OC1CCCC1)C(C)(C)C)C(=O)O. The van der Waals surface area contributed by atoms with Crippen LogP contribution in [0.3, 0.4) is 0 Å². The number of carbonyl (C=O) groups excluding carboxylic acids is 3. The summed E-state index contributed by atoms with van der Waals surface area (Å²) in [6, 6.07) is -2.27. The lowest BCUT2D eigenvalue weighted by Gasteiger charge is -2.35. The molecule has 12 heteroatoms. The number of rotatable bonds is 8. The maximum absolute atomic E-state index is 13.9. The summed E-state index contributed by atoms with van der Waals surface area (Å²) in [7, 11) is 0. The van der Waals surface area contributed by atoms with Crippen LogP contribution in [0.1, 0.15) is 65.3 Å². The first kappa shape index (κ1) is 26.6. The normalized spacial score (nSPS) is 28.4. The number of hydrogen-bond donors (Lipinski definition) is 3. The summed E-state index contributed by atoms with van der Waals surface area (Å²) < 4.78 is 7.11. The van der Waals surface area contributed by atoms with Crippen molar-refractivity contribution in [3.8, 4) is 0 Å². The van der Waals surface area contributed by atoms with Gasteiger partial charge in [-0.2, -0.15) is 0 Å². The summed E-state index contributed by atoms with van der Waals surface area (Å²) in [6.45, 7) is 9.28. The molecule has 202 valence electrons. The van der Waals surface area contributed by atoms with Crippen molar-refractivity contribution in [3.05, 3.63) is 25.0 Å². The second-order valence-electron chi connectivity index (χ2n) is 11.3. The Hall–Kier alpha value is -3.44. The number of nitrogens with one attached hydrogen (secondary N) is 2. The summed E-state index contributed by atoms with van der Waals surface area (Å²) in [5, 5.41) is 23.0. The molecule has 3 N–H and O–H groups in total. The monoisotopic (exact) mass is 516 g/mol. The van der Waals surface area contributed by atoms with Crippen molar-refractivity contribution in [2.75, 3.05) is 6.54 Å². The maximum atomic E-state index is 13.9. The Morgan fingerprint density at radius 2 is 1.95 bits per heavy atom. The van der Waals surface area contributed by atoms with Crippen LogP contribution in [0, 0.1) is 11.3 Å². The molecule has 0 bridgehead atoms. The van der Waals surface area contributed by atoms with E-state index in [2.05, 4.69) is 27.5 Å². The molecule has 0 aromatic carbocycles. The number of alkyl carbamates (subject to hydrolysis) is 1. The van der Waals surface area contributed by atoms with E-state index >= 15 is 0 Å². The highest BCUT2D eigenvalue weighted by Gasteiger charge is 2.61. The zero-order valence-electron chi connectivity index (χ0n) is 21.6. The van der Waals surface area contributed by atoms with Gasteiger partial charge in [0.05, 0.1) is 12.2 Å². The third-order valence-corrected chi connectivity index (χ3v) is 7.66. The second kappa shape index (κ2) is 10.1. The van der Waals surface area contributed by atoms with Crippen molar-refractivity contribution in [1.29, 1.82) is 0 Å². The van der Waals surface area contributed by atoms with Crippen molar-refractivity contribution in [1.82, 2.24) is 30.5 Å². The highest BCUT2D eigenvalue weighted by molar-refractivity contribution is 5.96. The van der Waals surface area contributed by atoms with Crippen LogP contribution in [0.15, 0.2) is 25.0 Å². The van der Waals surface area contributed by atoms with E-state index in [-0.39, 0.29) is 37.5 Å². The van der Waals surface area contributed by atoms with E-state index in [1.165, 1.54) is 17.2 Å². The number of carbonyl (C=O) groups is 4. The second-order valence-corrected chi connectivity index (χ2v) is 11.3. The highest BCUT2D eigenvalue weighted by atomic mass is 16.6. The Labute approximate surface area is 215 Å². The van der Waals surface area contributed by atoms with Gasteiger partial charge >= 0.3 is 12.1 Å². The van der Waals surface area contributed by atoms with E-state index in [9.17, 15) is 24.3 Å². The molecule has 0 unspecified atom stereocenters. The van der Waals surface area contributed by atoms with Gasteiger partial charge in [-0.15, -0.1) is 11.7 Å². The molecule has 4 rings (SSSR count). The lowest BCUT2D eigenvalue weighted by molar-refractivity contribution is -0.146. The lowest BCUT2D eigenvalue weighted by Crippen LogP contribution is -2.59. The Morgan fingerprint density at radius 1 is 1.24 bits per heavy atom. The summed E-state index contributed by atoms with van der Waals surface area (Å²) in [5.41, 5.74) is -2.11. The molecule has 3 amide bonds. The first-order chi connectivity index (χ1) is 17.5. The van der Waals surface area contributed by atoms with Gasteiger partial charge in [0.15, 0.2) is 0 Å². The van der Waals surface area contributed by atoms with E-state index in [1.807, 2.05) is 20.8 Å². The van der Waals surface area contributed by atoms with Gasteiger partial charge in [0.25, 0.3) is 0 Å². The van der Waals surface area contributed by atoms with Crippen molar-refractivity contribution < 1.29 is 29.0 Å². The lowest BCUT2D eigenvalue weighted by atomic mass is 9.85. The summed E-state index contributed by atoms with van der Waals surface area (Å²) in [5.74, 6) is -2.54. The smallest absolute Gasteiger partial charge is 0.408 e. The van der Waals surface area contributed by atoms with Crippen molar-refractivity contribution in [2.24, 2.45) is 11.3 Å². The molecule has 2 saturated carbocycles. The van der Waals surface area contributed by atoms with Gasteiger partial charge in [0, 0.05) is 25.1 Å². The van der Waals surface area contributed by atoms with E-state index in [0.29, 0.717) is 0 Å². The Morgan fingerprint density at radius 3 is 2.49 bits per heavy atom. The third kappa shape index (κ3) is 5.47. The van der Waals surface area contributed by atoms with Gasteiger partial charge in [0.2, 0.25) is 11.8 Å². The molecule has 37 heavy (non-hydrogen) atoms. The number of carboxylic acids is 1. The number of likely N-dealkylation sites (tertiary alicyclic amines) is 1. The standard InChI is InChI=1S/C25H36N6O6/c1-5-15-13-25(15,22(34)35)28-20(32)18-12-16(31-11-10-26-29-31)14-30(18)21(33)19(24(2,3)4)27-23(36)37-17-8-6-7-9-17/h5,10-11,15-19H,1,6-9,12-14H2,2-4H3,(H,27,36)(H,28,32)(H,34,35)/t15-,16-,18+,19-,25-/m1/s1. The molecule has 0 spiro atoms. The number of hydrogen-bond acceptors (Lipinski definition) is 7. The number of aromatic nitrogens is 3. The fourth-order valence-corrected chi connectivity index (χ4v) is 5.35. The summed E-state index contributed by atoms with van der Waals surface area (Å²) in [4.78, 5) is 53.4. The van der Waals surface area contributed by atoms with Gasteiger partial charge in [-0.3, -0.25) is 9.59 Å². The Kier molecular flexibility index (Phi) is 7.29. The minimum Gasteiger partial charge on any atom is -0.479 e. The predicted octanol–water partition coefficient (Wildman–Crippen LogP) is 1.65. The van der Waals surface area contributed by atoms with Crippen LogP contribution in [-0.4, -0.2) is 79.1 Å². The van der Waals surface area contributed by atoms with Gasteiger partial charge in [0.1, 0.15) is 23.7 Å². The van der Waals surface area contributed by atoms with Crippen molar-refractivity contribution in [2.45, 2.75) is 89.1 Å². The van der Waals surface area contributed by atoms with E-state index in [1.54, 1.807) is 10.9 Å². The number of carboxylic acid groups (broad SMARTS) is 1. The van der Waals surface area contributed by atoms with E-state index < -0.39 is 46.9 Å². The van der Waals surface area contributed by atoms with Crippen LogP contribution in [0.25, 0.3) is 0 Å². The molecule has 1 aromatic heterocycles. The molecular formula is C25H36N6O6. The minimum atomic E-state index is -1.42. The van der Waals surface area contributed by atoms with Gasteiger partial charge in [-0.25, -0.2) is 14.3 Å². The fourth-order valence-electron chi connectivity index (χ4n) is 5.35. The average Bonchev–Trinajstić information content (AvgIpc) is 3.33. The predicted molar refractivity (Wildman–Crippen MR) is 131 cm³/mol. The molecule has 2 heterocycles. The van der Waals surface area contributed by atoms with Crippen LogP contribution in [0.5, 0.6) is 0 Å². The Bertz CT molecular complexity index is 1050. The molecule has 3 fully saturated rings. The zero-order valence-corrected chi connectivity index (χ0v) is 21.6. The molecule has 2 aliphatic carbocycles. The highest BCUT2D eigenvalue weighted by Crippen LogP contribution is 2.45. The van der Waals surface area contributed by atoms with Crippen molar-refractivity contribution in [3.63, 3.8) is 0 Å². The Balaban J connectivity index is 1.56. The van der Waals surface area contributed by atoms with Crippen LogP contribution >= 0.6 is 0 Å². The van der Waals surface area contributed by atoms with Crippen LogP contribution in [0.2, 0.25) is 0 Å². The topological polar surface area (TPSA) is 156 Å². The zero-order chi connectivity index (χ0) is 27.0. The van der Waals surface area contributed by atoms with Gasteiger partial charge in [-0.1, -0.05) is 32.1 Å². The molecule has 1 saturated heterocycles. The summed E-state index contributed by atoms with van der Waals surface area (Å²) >= 11 is 0. The van der Waals surface area contributed by atoms with Crippen LogP contribution in [0.4, 0.5) is 4.79 Å². The largest absolute Gasteiger partial charge is 0.479 e. The number of nitrogens with zero attached hydrogens (tertiary/aromatic N) is 4. The third-order valence-electron chi connectivity index (χ3n) is 7.66. The van der Waals surface area contributed by atoms with Gasteiger partial charge in [-0.05, 0) is 37.5 Å². The molecule has 5 atom stereocenters. The summed E-state index contributed by atoms with van der Waals surface area (Å²) in [6.07, 6.45) is 7.90. The maximum Gasteiger partial charge on any atom is 0.408 e. The molecular weight excluding hydrogens is 480 g/mol. The number of amides is 3.